The van der Waals surface area contributed by atoms with Gasteiger partial charge in [0.1, 0.15) is 5.01 Å². The van der Waals surface area contributed by atoms with Gasteiger partial charge in [0, 0.05) is 11.6 Å². The Morgan fingerprint density at radius 2 is 2.46 bits per heavy atom. The fraction of sp³-hybridized carbons (Fsp3) is 0.700. The lowest BCUT2D eigenvalue weighted by Gasteiger charge is -2.30. The molecule has 1 aliphatic carbocycles. The smallest absolute Gasteiger partial charge is 0.113 e. The standard InChI is InChI=1S/C10H16N2S/c1-3-10(11-2,8-4-5-8)9-12-6-7-13-9/h6-8,11H,3-5H2,1-2H3. The highest BCUT2D eigenvalue weighted by molar-refractivity contribution is 7.09. The van der Waals surface area contributed by atoms with Gasteiger partial charge in [-0.1, -0.05) is 6.92 Å². The molecule has 0 radical (unpaired) electrons. The molecule has 1 fully saturated rings. The Hall–Kier alpha value is -0.410. The molecular weight excluding hydrogens is 180 g/mol. The zero-order valence-corrected chi connectivity index (χ0v) is 9.03. The SMILES string of the molecule is CCC(NC)(c1nccs1)C1CC1. The molecule has 13 heavy (non-hydrogen) atoms. The van der Waals surface area contributed by atoms with Gasteiger partial charge in [-0.2, -0.15) is 0 Å². The molecule has 0 amide bonds. The highest BCUT2D eigenvalue weighted by Crippen LogP contribution is 2.47. The number of thiazole rings is 1. The van der Waals surface area contributed by atoms with Gasteiger partial charge >= 0.3 is 0 Å². The third-order valence-electron chi connectivity index (χ3n) is 3.09. The molecule has 2 nitrogen and oxygen atoms in total. The normalized spacial score (nSPS) is 21.4. The summed E-state index contributed by atoms with van der Waals surface area (Å²) in [6, 6.07) is 0. The maximum Gasteiger partial charge on any atom is 0.113 e. The van der Waals surface area contributed by atoms with Crippen molar-refractivity contribution in [3.05, 3.63) is 16.6 Å². The van der Waals surface area contributed by atoms with Gasteiger partial charge in [-0.25, -0.2) is 4.98 Å². The second-order valence-corrected chi connectivity index (χ2v) is 4.58. The molecule has 1 unspecified atom stereocenters. The van der Waals surface area contributed by atoms with Gasteiger partial charge in [-0.3, -0.25) is 0 Å². The van der Waals surface area contributed by atoms with Crippen molar-refractivity contribution in [1.29, 1.82) is 0 Å². The molecule has 0 aliphatic heterocycles. The van der Waals surface area contributed by atoms with Gasteiger partial charge in [-0.05, 0) is 32.2 Å². The monoisotopic (exact) mass is 196 g/mol. The number of nitrogens with one attached hydrogen (secondary N) is 1. The lowest BCUT2D eigenvalue weighted by atomic mass is 9.91. The average Bonchev–Trinajstić information content (AvgIpc) is 2.85. The highest BCUT2D eigenvalue weighted by atomic mass is 32.1. The van der Waals surface area contributed by atoms with Gasteiger partial charge in [0.15, 0.2) is 0 Å². The second-order valence-electron chi connectivity index (χ2n) is 3.69. The van der Waals surface area contributed by atoms with Crippen LogP contribution in [-0.4, -0.2) is 12.0 Å². The summed E-state index contributed by atoms with van der Waals surface area (Å²) in [5, 5.41) is 6.81. The van der Waals surface area contributed by atoms with Crippen LogP contribution in [0.1, 0.15) is 31.2 Å². The number of aromatic nitrogens is 1. The minimum Gasteiger partial charge on any atom is -0.308 e. The molecule has 0 spiro atoms. The van der Waals surface area contributed by atoms with E-state index < -0.39 is 0 Å². The van der Waals surface area contributed by atoms with Crippen molar-refractivity contribution in [3.63, 3.8) is 0 Å². The molecule has 2 rings (SSSR count). The van der Waals surface area contributed by atoms with E-state index in [1.54, 1.807) is 11.3 Å². The molecule has 1 saturated carbocycles. The zero-order valence-electron chi connectivity index (χ0n) is 8.21. The van der Waals surface area contributed by atoms with E-state index in [4.69, 9.17) is 0 Å². The zero-order chi connectivity index (χ0) is 9.31. The van der Waals surface area contributed by atoms with E-state index in [1.165, 1.54) is 17.8 Å². The Labute approximate surface area is 83.4 Å². The molecule has 1 N–H and O–H groups in total. The maximum absolute atomic E-state index is 4.45. The summed E-state index contributed by atoms with van der Waals surface area (Å²) in [6.45, 7) is 2.25. The number of rotatable bonds is 4. The topological polar surface area (TPSA) is 24.9 Å². The Balaban J connectivity index is 2.31. The Bertz CT molecular complexity index is 260. The third kappa shape index (κ3) is 1.40. The van der Waals surface area contributed by atoms with Crippen LogP contribution in [-0.2, 0) is 5.54 Å². The van der Waals surface area contributed by atoms with E-state index in [0.29, 0.717) is 0 Å². The Morgan fingerprint density at radius 1 is 1.69 bits per heavy atom. The molecule has 3 heteroatoms. The summed E-state index contributed by atoms with van der Waals surface area (Å²) in [7, 11) is 2.06. The van der Waals surface area contributed by atoms with Gasteiger partial charge in [-0.15, -0.1) is 11.3 Å². The third-order valence-corrected chi connectivity index (χ3v) is 4.04. The summed E-state index contributed by atoms with van der Waals surface area (Å²) in [6.07, 6.45) is 5.76. The van der Waals surface area contributed by atoms with Crippen LogP contribution < -0.4 is 5.32 Å². The van der Waals surface area contributed by atoms with Gasteiger partial charge in [0.25, 0.3) is 0 Å². The molecule has 0 bridgehead atoms. The summed E-state index contributed by atoms with van der Waals surface area (Å²) in [5.41, 5.74) is 0.175. The average molecular weight is 196 g/mol. The number of nitrogens with zero attached hydrogens (tertiary/aromatic N) is 1. The van der Waals surface area contributed by atoms with Gasteiger partial charge < -0.3 is 5.32 Å². The van der Waals surface area contributed by atoms with Crippen LogP contribution in [0.4, 0.5) is 0 Å². The first kappa shape index (κ1) is 9.16. The van der Waals surface area contributed by atoms with Gasteiger partial charge in [0.2, 0.25) is 0 Å². The van der Waals surface area contributed by atoms with E-state index in [0.717, 1.165) is 12.3 Å². The van der Waals surface area contributed by atoms with Crippen molar-refractivity contribution >= 4 is 11.3 Å². The quantitative estimate of drug-likeness (QED) is 0.799. The fourth-order valence-corrected chi connectivity index (χ4v) is 3.12. The molecule has 72 valence electrons. The van der Waals surface area contributed by atoms with Crippen LogP contribution in [0.2, 0.25) is 0 Å². The molecule has 0 aromatic carbocycles. The predicted molar refractivity (Wildman–Crippen MR) is 55.9 cm³/mol. The van der Waals surface area contributed by atoms with Gasteiger partial charge in [0.05, 0.1) is 5.54 Å². The van der Waals surface area contributed by atoms with Crippen molar-refractivity contribution in [2.24, 2.45) is 5.92 Å². The van der Waals surface area contributed by atoms with Crippen LogP contribution in [0, 0.1) is 5.92 Å². The molecule has 1 aromatic rings. The summed E-state index contributed by atoms with van der Waals surface area (Å²) < 4.78 is 0. The minimum absolute atomic E-state index is 0.175. The van der Waals surface area contributed by atoms with Crippen molar-refractivity contribution in [1.82, 2.24) is 10.3 Å². The van der Waals surface area contributed by atoms with Crippen LogP contribution in [0.15, 0.2) is 11.6 Å². The summed E-state index contributed by atoms with van der Waals surface area (Å²) >= 11 is 1.77. The molecule has 1 aliphatic rings. The van der Waals surface area contributed by atoms with Crippen LogP contribution in [0.3, 0.4) is 0 Å². The van der Waals surface area contributed by atoms with E-state index in [2.05, 4.69) is 29.7 Å². The first-order valence-corrected chi connectivity index (χ1v) is 5.80. The first-order valence-electron chi connectivity index (χ1n) is 4.92. The molecule has 0 saturated heterocycles. The van der Waals surface area contributed by atoms with E-state index in [-0.39, 0.29) is 5.54 Å². The number of hydrogen-bond donors (Lipinski definition) is 1. The van der Waals surface area contributed by atoms with Crippen molar-refractivity contribution < 1.29 is 0 Å². The minimum atomic E-state index is 0.175. The van der Waals surface area contributed by atoms with E-state index in [1.807, 2.05) is 6.20 Å². The van der Waals surface area contributed by atoms with Crippen LogP contribution >= 0.6 is 11.3 Å². The molecular formula is C10H16N2S. The largest absolute Gasteiger partial charge is 0.308 e. The van der Waals surface area contributed by atoms with Crippen molar-refractivity contribution in [3.8, 4) is 0 Å². The predicted octanol–water partition coefficient (Wildman–Crippen LogP) is 2.38. The van der Waals surface area contributed by atoms with Crippen LogP contribution in [0.5, 0.6) is 0 Å². The van der Waals surface area contributed by atoms with Crippen molar-refractivity contribution in [2.75, 3.05) is 7.05 Å². The number of hydrogen-bond acceptors (Lipinski definition) is 3. The molecule has 1 heterocycles. The fourth-order valence-electron chi connectivity index (χ4n) is 2.12. The highest BCUT2D eigenvalue weighted by Gasteiger charge is 2.45. The lowest BCUT2D eigenvalue weighted by molar-refractivity contribution is 0.297. The Morgan fingerprint density at radius 3 is 2.85 bits per heavy atom. The Kier molecular flexibility index (Phi) is 2.39. The maximum atomic E-state index is 4.45. The second kappa shape index (κ2) is 3.39. The molecule has 1 aromatic heterocycles. The first-order chi connectivity index (χ1) is 6.33. The molecule has 1 atom stereocenters. The van der Waals surface area contributed by atoms with Crippen molar-refractivity contribution in [2.45, 2.75) is 31.7 Å². The lowest BCUT2D eigenvalue weighted by Crippen LogP contribution is -2.41. The van der Waals surface area contributed by atoms with E-state index in [9.17, 15) is 0 Å². The van der Waals surface area contributed by atoms with Crippen LogP contribution in [0.25, 0.3) is 0 Å². The summed E-state index contributed by atoms with van der Waals surface area (Å²) in [4.78, 5) is 4.45. The summed E-state index contributed by atoms with van der Waals surface area (Å²) in [5.74, 6) is 0.814. The van der Waals surface area contributed by atoms with E-state index >= 15 is 0 Å².